The van der Waals surface area contributed by atoms with E-state index in [0.29, 0.717) is 19.1 Å². The van der Waals surface area contributed by atoms with E-state index >= 15 is 0 Å². The summed E-state index contributed by atoms with van der Waals surface area (Å²) in [5.74, 6) is 2.23. The van der Waals surface area contributed by atoms with Crippen LogP contribution in [-0.4, -0.2) is 84.4 Å². The van der Waals surface area contributed by atoms with Crippen LogP contribution >= 0.6 is 0 Å². The van der Waals surface area contributed by atoms with E-state index in [-0.39, 0.29) is 30.6 Å². The van der Waals surface area contributed by atoms with Gasteiger partial charge in [-0.3, -0.25) is 0 Å². The number of methoxy groups -OCH3 is 4. The van der Waals surface area contributed by atoms with Crippen LogP contribution in [0.25, 0.3) is 0 Å². The lowest BCUT2D eigenvalue weighted by Gasteiger charge is -2.44. The van der Waals surface area contributed by atoms with Gasteiger partial charge in [0, 0.05) is 46.2 Å². The van der Waals surface area contributed by atoms with Crippen LogP contribution in [0.15, 0.2) is 48.5 Å². The van der Waals surface area contributed by atoms with Crippen LogP contribution < -0.4 is 14.8 Å². The third-order valence-electron chi connectivity index (χ3n) is 9.96. The van der Waals surface area contributed by atoms with Gasteiger partial charge in [-0.25, -0.2) is 4.79 Å². The zero-order valence-corrected chi connectivity index (χ0v) is 28.9. The number of carbonyl (C=O) groups excluding carboxylic acids is 1. The molecular weight excluding hydrogens is 580 g/mol. The topological polar surface area (TPSA) is 78.5 Å². The predicted octanol–water partition coefficient (Wildman–Crippen LogP) is 8.20. The van der Waals surface area contributed by atoms with E-state index in [1.54, 1.807) is 33.3 Å². The van der Waals surface area contributed by atoms with Crippen LogP contribution in [0.1, 0.15) is 102 Å². The average molecular weight is 643 g/mol. The molecule has 2 aromatic carbocycles. The Hall–Kier alpha value is -2.81. The number of nitrogens with one attached hydrogen (secondary N) is 1. The molecule has 260 valence electrons. The van der Waals surface area contributed by atoms with Crippen LogP contribution in [0.3, 0.4) is 0 Å². The van der Waals surface area contributed by atoms with Gasteiger partial charge >= 0.3 is 6.09 Å². The Kier molecular flexibility index (Phi) is 16.9. The molecule has 0 heterocycles. The quantitative estimate of drug-likeness (QED) is 0.236. The summed E-state index contributed by atoms with van der Waals surface area (Å²) in [6, 6.07) is 16.5. The van der Waals surface area contributed by atoms with Gasteiger partial charge in [-0.15, -0.1) is 0 Å². The minimum absolute atomic E-state index is 0. The second-order valence-electron chi connectivity index (χ2n) is 12.4. The molecule has 2 fully saturated rings. The maximum Gasteiger partial charge on any atom is 0.409 e. The smallest absolute Gasteiger partial charge is 0.409 e. The first kappa shape index (κ1) is 39.4. The van der Waals surface area contributed by atoms with Gasteiger partial charge in [-0.05, 0) is 75.0 Å². The van der Waals surface area contributed by atoms with Gasteiger partial charge < -0.3 is 33.9 Å². The van der Waals surface area contributed by atoms with Crippen molar-refractivity contribution in [1.29, 1.82) is 0 Å². The molecule has 8 heteroatoms. The number of benzene rings is 2. The lowest BCUT2D eigenvalue weighted by atomic mass is 9.72. The number of nitrogens with zero attached hydrogens (tertiary/aromatic N) is 1. The highest BCUT2D eigenvalue weighted by molar-refractivity contribution is 5.67. The molecule has 0 bridgehead atoms. The van der Waals surface area contributed by atoms with E-state index in [0.717, 1.165) is 56.6 Å². The lowest BCUT2D eigenvalue weighted by molar-refractivity contribution is -0.0653. The molecule has 2 aliphatic rings. The Morgan fingerprint density at radius 2 is 1.15 bits per heavy atom. The first-order valence-corrected chi connectivity index (χ1v) is 16.7. The Balaban J connectivity index is 0.000000321. The zero-order chi connectivity index (χ0) is 32.7. The molecular formula is C38H62N2O6. The molecule has 1 amide bonds. The molecule has 46 heavy (non-hydrogen) atoms. The average Bonchev–Trinajstić information content (AvgIpc) is 3.10. The van der Waals surface area contributed by atoms with Crippen molar-refractivity contribution in [3.63, 3.8) is 0 Å². The van der Waals surface area contributed by atoms with Crippen molar-refractivity contribution >= 4 is 6.09 Å². The summed E-state index contributed by atoms with van der Waals surface area (Å²) < 4.78 is 27.8. The predicted molar refractivity (Wildman–Crippen MR) is 187 cm³/mol. The van der Waals surface area contributed by atoms with E-state index in [4.69, 9.17) is 23.7 Å². The van der Waals surface area contributed by atoms with Crippen molar-refractivity contribution in [3.05, 3.63) is 59.7 Å². The lowest BCUT2D eigenvalue weighted by Crippen LogP contribution is -2.46. The first-order valence-electron chi connectivity index (χ1n) is 16.7. The Bertz CT molecular complexity index is 1110. The van der Waals surface area contributed by atoms with E-state index in [9.17, 15) is 4.79 Å². The summed E-state index contributed by atoms with van der Waals surface area (Å²) in [6.07, 6.45) is 11.5. The third-order valence-corrected chi connectivity index (χ3v) is 9.96. The van der Waals surface area contributed by atoms with Crippen LogP contribution in [-0.2, 0) is 14.2 Å². The Morgan fingerprint density at radius 1 is 0.739 bits per heavy atom. The fourth-order valence-corrected chi connectivity index (χ4v) is 7.33. The fourth-order valence-electron chi connectivity index (χ4n) is 7.33. The highest BCUT2D eigenvalue weighted by Crippen LogP contribution is 2.44. The molecule has 2 aromatic rings. The molecule has 2 atom stereocenters. The SMILES string of the molecule is C.CCOC(=O)N(C)CC(c1ccc(OC)cc1)C1(OC)CCCCC1.CNCC(c1ccc(OC)cc1)C1(OC)CCCCC1. The minimum Gasteiger partial charge on any atom is -0.497 e. The molecule has 4 rings (SSSR count). The maximum absolute atomic E-state index is 12.1. The molecule has 0 saturated heterocycles. The normalized spacial score (nSPS) is 18.1. The van der Waals surface area contributed by atoms with Gasteiger partial charge in [0.1, 0.15) is 11.5 Å². The molecule has 2 aliphatic carbocycles. The number of carbonyl (C=O) groups is 1. The molecule has 0 aromatic heterocycles. The number of hydrogen-bond acceptors (Lipinski definition) is 7. The van der Waals surface area contributed by atoms with Crippen LogP contribution in [0, 0.1) is 0 Å². The minimum atomic E-state index is -0.289. The molecule has 8 nitrogen and oxygen atoms in total. The summed E-state index contributed by atoms with van der Waals surface area (Å²) in [4.78, 5) is 13.8. The first-order chi connectivity index (χ1) is 21.8. The van der Waals surface area contributed by atoms with Gasteiger partial charge in [-0.1, -0.05) is 70.2 Å². The van der Waals surface area contributed by atoms with Gasteiger partial charge in [0.05, 0.1) is 32.0 Å². The van der Waals surface area contributed by atoms with Gasteiger partial charge in [0.25, 0.3) is 0 Å². The third kappa shape index (κ3) is 10.1. The number of amides is 1. The van der Waals surface area contributed by atoms with Crippen molar-refractivity contribution in [2.45, 2.75) is 102 Å². The summed E-state index contributed by atoms with van der Waals surface area (Å²) >= 11 is 0. The van der Waals surface area contributed by atoms with E-state index in [1.807, 2.05) is 45.3 Å². The van der Waals surface area contributed by atoms with E-state index < -0.39 is 0 Å². The molecule has 2 unspecified atom stereocenters. The number of hydrogen-bond donors (Lipinski definition) is 1. The van der Waals surface area contributed by atoms with E-state index in [2.05, 4.69) is 29.6 Å². The van der Waals surface area contributed by atoms with Crippen molar-refractivity contribution in [2.24, 2.45) is 0 Å². The molecule has 0 aliphatic heterocycles. The monoisotopic (exact) mass is 642 g/mol. The number of ether oxygens (including phenoxy) is 5. The summed E-state index contributed by atoms with van der Waals surface area (Å²) in [6.45, 7) is 3.72. The molecule has 0 spiro atoms. The van der Waals surface area contributed by atoms with Crippen molar-refractivity contribution in [2.75, 3.05) is 62.2 Å². The number of likely N-dealkylation sites (N-methyl/N-ethyl adjacent to an activating group) is 2. The molecule has 1 N–H and O–H groups in total. The highest BCUT2D eigenvalue weighted by atomic mass is 16.6. The largest absolute Gasteiger partial charge is 0.497 e. The van der Waals surface area contributed by atoms with E-state index in [1.165, 1.54) is 36.8 Å². The van der Waals surface area contributed by atoms with Crippen molar-refractivity contribution in [3.8, 4) is 11.5 Å². The Labute approximate surface area is 279 Å². The van der Waals surface area contributed by atoms with Crippen molar-refractivity contribution < 1.29 is 28.5 Å². The van der Waals surface area contributed by atoms with Crippen LogP contribution in [0.5, 0.6) is 11.5 Å². The van der Waals surface area contributed by atoms with Crippen LogP contribution in [0.4, 0.5) is 4.79 Å². The standard InChI is InChI=1S/C20H31NO4.C17H27NO2.CH4/c1-5-25-19(22)21(2)15-18(16-9-11-17(23-3)12-10-16)20(24-4)13-7-6-8-14-20;1-18-13-16(14-7-9-15(19-2)10-8-14)17(20-3)11-5-4-6-12-17;/h9-12,18H,5-8,13-15H2,1-4H3;7-10,16,18H,4-6,11-13H2,1-3H3;1H4. The molecule has 2 saturated carbocycles. The maximum atomic E-state index is 12.1. The highest BCUT2D eigenvalue weighted by Gasteiger charge is 2.42. The molecule has 0 radical (unpaired) electrons. The van der Waals surface area contributed by atoms with Crippen molar-refractivity contribution in [1.82, 2.24) is 10.2 Å². The number of rotatable bonds is 13. The van der Waals surface area contributed by atoms with Gasteiger partial charge in [-0.2, -0.15) is 0 Å². The Morgan fingerprint density at radius 3 is 1.52 bits per heavy atom. The summed E-state index contributed by atoms with van der Waals surface area (Å²) in [7, 11) is 10.9. The van der Waals surface area contributed by atoms with Gasteiger partial charge in [0.15, 0.2) is 0 Å². The van der Waals surface area contributed by atoms with Crippen LogP contribution in [0.2, 0.25) is 0 Å². The summed E-state index contributed by atoms with van der Waals surface area (Å²) in [5, 5.41) is 3.34. The second kappa shape index (κ2) is 19.8. The fraction of sp³-hybridized carbons (Fsp3) is 0.658. The zero-order valence-electron chi connectivity index (χ0n) is 28.9. The summed E-state index contributed by atoms with van der Waals surface area (Å²) in [5.41, 5.74) is 2.24. The second-order valence-corrected chi connectivity index (χ2v) is 12.4. The van der Waals surface area contributed by atoms with Gasteiger partial charge in [0.2, 0.25) is 0 Å².